The van der Waals surface area contributed by atoms with Gasteiger partial charge in [0.2, 0.25) is 10.0 Å². The molecule has 0 heterocycles. The molecule has 1 atom stereocenters. The van der Waals surface area contributed by atoms with E-state index < -0.39 is 41.1 Å². The van der Waals surface area contributed by atoms with Gasteiger partial charge in [-0.05, 0) is 30.2 Å². The number of sulfonamides is 1. The van der Waals surface area contributed by atoms with Crippen LogP contribution in [-0.4, -0.2) is 56.6 Å². The monoisotopic (exact) mass is 475 g/mol. The molecule has 11 nitrogen and oxygen atoms in total. The number of carboxylic acid groups (broad SMARTS) is 1. The van der Waals surface area contributed by atoms with Crippen molar-refractivity contribution in [2.75, 3.05) is 13.2 Å². The van der Waals surface area contributed by atoms with Gasteiger partial charge in [-0.3, -0.25) is 15.0 Å². The minimum absolute atomic E-state index is 0.0299. The van der Waals surface area contributed by atoms with Gasteiger partial charge in [-0.25, -0.2) is 8.42 Å². The summed E-state index contributed by atoms with van der Waals surface area (Å²) >= 11 is 0. The highest BCUT2D eigenvalue weighted by Gasteiger charge is 2.26. The summed E-state index contributed by atoms with van der Waals surface area (Å²) in [6, 6.07) is 11.4. The second-order valence-electron chi connectivity index (χ2n) is 7.01. The summed E-state index contributed by atoms with van der Waals surface area (Å²) in [6.45, 7) is 0.756. The van der Waals surface area contributed by atoms with E-state index in [2.05, 4.69) is 15.2 Å². The van der Waals surface area contributed by atoms with Crippen LogP contribution in [0.1, 0.15) is 16.7 Å². The number of carbonyl (C=O) groups excluding carboxylic acids is 1. The van der Waals surface area contributed by atoms with Crippen molar-refractivity contribution >= 4 is 33.9 Å². The molecule has 0 radical (unpaired) electrons. The molecule has 1 amide bonds. The summed E-state index contributed by atoms with van der Waals surface area (Å²) < 4.78 is 26.9. The van der Waals surface area contributed by atoms with E-state index in [1.165, 1.54) is 18.3 Å². The van der Waals surface area contributed by atoms with Gasteiger partial charge in [0.1, 0.15) is 11.9 Å². The normalized spacial score (nSPS) is 12.3. The molecule has 0 fully saturated rings. The highest BCUT2D eigenvalue weighted by Crippen LogP contribution is 2.11. The molecule has 0 aliphatic rings. The number of rotatable bonds is 12. The van der Waals surface area contributed by atoms with Gasteiger partial charge in [0.15, 0.2) is 6.61 Å². The van der Waals surface area contributed by atoms with Crippen LogP contribution in [0.5, 0.6) is 0 Å². The van der Waals surface area contributed by atoms with Crippen LogP contribution in [0.2, 0.25) is 0 Å². The molecule has 0 aromatic heterocycles. The van der Waals surface area contributed by atoms with E-state index in [4.69, 9.17) is 16.0 Å². The summed E-state index contributed by atoms with van der Waals surface area (Å²) in [7, 11) is -4.09. The standard InChI is InChI=1S/C21H25N5O6S/c1-14-3-2-4-17(11-14)33(30,31)26-18(21(28)29)12-24-19(27)13-32-25-10-9-15-5-7-16(8-6-15)20(22)23/h2-8,10-11,18,26H,9,12-13H2,1H3,(H3,22,23)(H,24,27)(H,28,29)/b25-10+/t18-/m0/s1. The summed E-state index contributed by atoms with van der Waals surface area (Å²) in [5, 5.41) is 22.6. The van der Waals surface area contributed by atoms with E-state index in [9.17, 15) is 23.1 Å². The van der Waals surface area contributed by atoms with Gasteiger partial charge >= 0.3 is 5.97 Å². The fourth-order valence-electron chi connectivity index (χ4n) is 2.60. The number of nitrogens with zero attached hydrogens (tertiary/aromatic N) is 1. The number of amides is 1. The number of amidine groups is 1. The summed E-state index contributed by atoms with van der Waals surface area (Å²) in [4.78, 5) is 28.1. The van der Waals surface area contributed by atoms with E-state index in [0.717, 1.165) is 5.56 Å². The van der Waals surface area contributed by atoms with Crippen LogP contribution in [-0.2, 0) is 30.9 Å². The lowest BCUT2D eigenvalue weighted by molar-refractivity contribution is -0.139. The van der Waals surface area contributed by atoms with Gasteiger partial charge < -0.3 is 21.0 Å². The maximum absolute atomic E-state index is 12.4. The van der Waals surface area contributed by atoms with Gasteiger partial charge in [0.25, 0.3) is 5.91 Å². The van der Waals surface area contributed by atoms with Gasteiger partial charge in [0.05, 0.1) is 4.90 Å². The van der Waals surface area contributed by atoms with Crippen LogP contribution in [0.25, 0.3) is 0 Å². The molecule has 2 rings (SSSR count). The van der Waals surface area contributed by atoms with Crippen molar-refractivity contribution in [3.8, 4) is 0 Å². The molecule has 0 spiro atoms. The van der Waals surface area contributed by atoms with Crippen LogP contribution >= 0.6 is 0 Å². The van der Waals surface area contributed by atoms with Gasteiger partial charge in [-0.2, -0.15) is 4.72 Å². The first kappa shape index (κ1) is 25.5. The molecule has 2 aromatic carbocycles. The molecular weight excluding hydrogens is 450 g/mol. The predicted octanol–water partition coefficient (Wildman–Crippen LogP) is 0.372. The molecule has 0 unspecified atom stereocenters. The zero-order valence-electron chi connectivity index (χ0n) is 17.8. The summed E-state index contributed by atoms with van der Waals surface area (Å²) in [5.41, 5.74) is 7.58. The van der Waals surface area contributed by atoms with Gasteiger partial charge in [-0.1, -0.05) is 41.6 Å². The Balaban J connectivity index is 1.79. The molecular formula is C21H25N5O6S. The van der Waals surface area contributed by atoms with E-state index in [1.807, 2.05) is 0 Å². The largest absolute Gasteiger partial charge is 0.480 e. The maximum atomic E-state index is 12.4. The maximum Gasteiger partial charge on any atom is 0.323 e. The first-order valence-electron chi connectivity index (χ1n) is 9.74. The number of benzene rings is 2. The van der Waals surface area contributed by atoms with E-state index in [-0.39, 0.29) is 10.7 Å². The molecule has 176 valence electrons. The lowest BCUT2D eigenvalue weighted by Crippen LogP contribution is -2.48. The van der Waals surface area contributed by atoms with Crippen molar-refractivity contribution < 1.29 is 28.0 Å². The number of aliphatic carboxylic acids is 1. The van der Waals surface area contributed by atoms with Crippen LogP contribution in [0.15, 0.2) is 58.6 Å². The number of oxime groups is 1. The van der Waals surface area contributed by atoms with Crippen molar-refractivity contribution in [1.82, 2.24) is 10.0 Å². The fraction of sp³-hybridized carbons (Fsp3) is 0.238. The number of nitrogens with one attached hydrogen (secondary N) is 3. The Morgan fingerprint density at radius 1 is 1.24 bits per heavy atom. The second-order valence-corrected chi connectivity index (χ2v) is 8.72. The number of hydrogen-bond acceptors (Lipinski definition) is 7. The Bertz CT molecular complexity index is 1130. The molecule has 2 aromatic rings. The average Bonchev–Trinajstić information content (AvgIpc) is 2.76. The Morgan fingerprint density at radius 2 is 1.94 bits per heavy atom. The number of carbonyl (C=O) groups is 2. The molecule has 0 saturated carbocycles. The number of hydrogen-bond donors (Lipinski definition) is 5. The average molecular weight is 476 g/mol. The second kappa shape index (κ2) is 11.7. The van der Waals surface area contributed by atoms with Crippen LogP contribution < -0.4 is 15.8 Å². The number of aryl methyl sites for hydroxylation is 1. The smallest absolute Gasteiger partial charge is 0.323 e. The lowest BCUT2D eigenvalue weighted by Gasteiger charge is -2.15. The minimum Gasteiger partial charge on any atom is -0.480 e. The molecule has 6 N–H and O–H groups in total. The SMILES string of the molecule is Cc1cccc(S(=O)(=O)N[C@@H](CNC(=O)CO/N=C/Cc2ccc(C(=N)N)cc2)C(=O)O)c1. The zero-order chi connectivity index (χ0) is 24.4. The summed E-state index contributed by atoms with van der Waals surface area (Å²) in [6.07, 6.45) is 1.85. The third kappa shape index (κ3) is 8.35. The molecule has 0 aliphatic carbocycles. The fourth-order valence-corrected chi connectivity index (χ4v) is 3.89. The first-order valence-corrected chi connectivity index (χ1v) is 11.2. The summed E-state index contributed by atoms with van der Waals surface area (Å²) in [5.74, 6) is -2.14. The van der Waals surface area contributed by atoms with Crippen molar-refractivity contribution in [3.63, 3.8) is 0 Å². The van der Waals surface area contributed by atoms with Gasteiger partial charge in [0, 0.05) is 24.7 Å². The highest BCUT2D eigenvalue weighted by molar-refractivity contribution is 7.89. The van der Waals surface area contributed by atoms with E-state index in [1.54, 1.807) is 43.3 Å². The topological polar surface area (TPSA) is 184 Å². The van der Waals surface area contributed by atoms with Gasteiger partial charge in [-0.15, -0.1) is 0 Å². The molecule has 0 bridgehead atoms. The number of nitrogens with two attached hydrogens (primary N) is 1. The van der Waals surface area contributed by atoms with E-state index >= 15 is 0 Å². The quantitative estimate of drug-likeness (QED) is 0.167. The molecule has 33 heavy (non-hydrogen) atoms. The van der Waals surface area contributed by atoms with E-state index in [0.29, 0.717) is 17.5 Å². The highest BCUT2D eigenvalue weighted by atomic mass is 32.2. The third-order valence-corrected chi connectivity index (χ3v) is 5.80. The van der Waals surface area contributed by atoms with Crippen molar-refractivity contribution in [1.29, 1.82) is 5.41 Å². The van der Waals surface area contributed by atoms with Crippen molar-refractivity contribution in [2.24, 2.45) is 10.9 Å². The predicted molar refractivity (Wildman–Crippen MR) is 122 cm³/mol. The minimum atomic E-state index is -4.09. The Kier molecular flexibility index (Phi) is 9.07. The third-order valence-electron chi connectivity index (χ3n) is 4.34. The number of nitrogen functional groups attached to an aromatic ring is 1. The first-order chi connectivity index (χ1) is 15.6. The molecule has 0 aliphatic heterocycles. The van der Waals surface area contributed by atoms with Crippen LogP contribution in [0.3, 0.4) is 0 Å². The van der Waals surface area contributed by atoms with Crippen molar-refractivity contribution in [3.05, 3.63) is 65.2 Å². The van der Waals surface area contributed by atoms with Crippen LogP contribution in [0, 0.1) is 12.3 Å². The Morgan fingerprint density at radius 3 is 2.55 bits per heavy atom. The zero-order valence-corrected chi connectivity index (χ0v) is 18.6. The molecule has 0 saturated heterocycles. The lowest BCUT2D eigenvalue weighted by atomic mass is 10.1. The Labute approximate surface area is 191 Å². The van der Waals surface area contributed by atoms with Crippen molar-refractivity contribution in [2.45, 2.75) is 24.3 Å². The van der Waals surface area contributed by atoms with Crippen LogP contribution in [0.4, 0.5) is 0 Å². The molecule has 12 heteroatoms. The Hall–Kier alpha value is -3.77. The number of carboxylic acids is 1.